The van der Waals surface area contributed by atoms with Gasteiger partial charge >= 0.3 is 0 Å². The van der Waals surface area contributed by atoms with Gasteiger partial charge in [0.05, 0.1) is 0 Å². The number of hydrogen-bond donors (Lipinski definition) is 2. The van der Waals surface area contributed by atoms with Crippen LogP contribution in [0.4, 0.5) is 0 Å². The first kappa shape index (κ1) is 12.1. The number of carbonyl (C=O) groups is 2. The van der Waals surface area contributed by atoms with Crippen molar-refractivity contribution < 1.29 is 9.59 Å². The van der Waals surface area contributed by atoms with Crippen LogP contribution in [0.25, 0.3) is 0 Å². The van der Waals surface area contributed by atoms with E-state index in [4.69, 9.17) is 11.5 Å². The summed E-state index contributed by atoms with van der Waals surface area (Å²) in [5.74, 6) is -0.594. The Hall–Kier alpha value is -1.94. The van der Waals surface area contributed by atoms with E-state index in [1.807, 2.05) is 0 Å². The quantitative estimate of drug-likeness (QED) is 0.571. The Morgan fingerprint density at radius 2 is 2.06 bits per heavy atom. The average molecular weight is 218 g/mol. The fourth-order valence-electron chi connectivity index (χ4n) is 1.43. The Labute approximate surface area is 93.9 Å². The molecule has 0 bridgehead atoms. The number of ketones is 1. The summed E-state index contributed by atoms with van der Waals surface area (Å²) in [5.41, 5.74) is 12.1. The molecule has 0 saturated heterocycles. The Morgan fingerprint density at radius 3 is 2.56 bits per heavy atom. The summed E-state index contributed by atoms with van der Waals surface area (Å²) in [5, 5.41) is 0. The highest BCUT2D eigenvalue weighted by Gasteiger charge is 2.10. The second kappa shape index (κ2) is 5.23. The van der Waals surface area contributed by atoms with Crippen LogP contribution < -0.4 is 11.5 Å². The average Bonchev–Trinajstić information content (AvgIpc) is 2.28. The zero-order valence-electron chi connectivity index (χ0n) is 8.90. The van der Waals surface area contributed by atoms with E-state index >= 15 is 0 Å². The van der Waals surface area contributed by atoms with E-state index in [9.17, 15) is 9.59 Å². The molecule has 0 aromatic heterocycles. The van der Waals surface area contributed by atoms with Crippen LogP contribution in [-0.4, -0.2) is 11.7 Å². The first-order valence-corrected chi connectivity index (χ1v) is 4.87. The maximum atomic E-state index is 11.6. The van der Waals surface area contributed by atoms with Crippen molar-refractivity contribution in [1.29, 1.82) is 0 Å². The van der Waals surface area contributed by atoms with Crippen LogP contribution in [0.1, 0.15) is 32.7 Å². The molecule has 0 saturated carbocycles. The van der Waals surface area contributed by atoms with Crippen molar-refractivity contribution >= 4 is 11.7 Å². The maximum absolute atomic E-state index is 11.6. The van der Waals surface area contributed by atoms with E-state index in [1.54, 1.807) is 12.1 Å². The number of allylic oxidation sites excluding steroid dienone is 1. The Balaban J connectivity index is 3.13. The van der Waals surface area contributed by atoms with Crippen molar-refractivity contribution in [1.82, 2.24) is 0 Å². The van der Waals surface area contributed by atoms with Gasteiger partial charge in [0.25, 0.3) is 0 Å². The molecule has 4 nitrogen and oxygen atoms in total. The lowest BCUT2D eigenvalue weighted by molar-refractivity contribution is 0.0985. The highest BCUT2D eigenvalue weighted by molar-refractivity contribution is 5.99. The number of nitrogens with two attached hydrogens (primary N) is 2. The molecule has 1 aromatic rings. The third-order valence-electron chi connectivity index (χ3n) is 2.24. The van der Waals surface area contributed by atoms with Crippen molar-refractivity contribution in [3.8, 4) is 0 Å². The molecular weight excluding hydrogens is 204 g/mol. The van der Waals surface area contributed by atoms with Gasteiger partial charge in [0.1, 0.15) is 0 Å². The summed E-state index contributed by atoms with van der Waals surface area (Å²) < 4.78 is 0. The highest BCUT2D eigenvalue weighted by atomic mass is 16.1. The van der Waals surface area contributed by atoms with Crippen LogP contribution >= 0.6 is 0 Å². The Morgan fingerprint density at radius 1 is 1.38 bits per heavy atom. The van der Waals surface area contributed by atoms with Gasteiger partial charge in [-0.3, -0.25) is 9.59 Å². The fraction of sp³-hybridized carbons (Fsp3) is 0.167. The van der Waals surface area contributed by atoms with Gasteiger partial charge in [-0.2, -0.15) is 0 Å². The number of rotatable bonds is 5. The summed E-state index contributed by atoms with van der Waals surface area (Å²) in [6, 6.07) is 4.71. The highest BCUT2D eigenvalue weighted by Crippen LogP contribution is 2.13. The van der Waals surface area contributed by atoms with Crippen molar-refractivity contribution in [3.63, 3.8) is 0 Å². The van der Waals surface area contributed by atoms with Gasteiger partial charge in [-0.1, -0.05) is 12.1 Å². The molecular formula is C12H14N2O2. The Kier molecular flexibility index (Phi) is 3.96. The van der Waals surface area contributed by atoms with E-state index in [1.165, 1.54) is 12.1 Å². The minimum Gasteiger partial charge on any atom is -0.366 e. The van der Waals surface area contributed by atoms with Crippen LogP contribution in [0.15, 0.2) is 30.9 Å². The van der Waals surface area contributed by atoms with Gasteiger partial charge in [0.15, 0.2) is 5.78 Å². The van der Waals surface area contributed by atoms with E-state index in [0.717, 1.165) is 0 Å². The molecule has 0 fully saturated rings. The molecule has 1 amide bonds. The van der Waals surface area contributed by atoms with Gasteiger partial charge in [-0.25, -0.2) is 0 Å². The van der Waals surface area contributed by atoms with Crippen LogP contribution in [0.2, 0.25) is 0 Å². The normalized spacial score (nSPS) is 9.81. The third kappa shape index (κ3) is 2.55. The molecule has 84 valence electrons. The number of benzene rings is 1. The zero-order chi connectivity index (χ0) is 12.1. The summed E-state index contributed by atoms with van der Waals surface area (Å²) in [6.07, 6.45) is 1.80. The molecule has 4 heteroatoms. The molecule has 0 spiro atoms. The van der Waals surface area contributed by atoms with Crippen LogP contribution in [0.5, 0.6) is 0 Å². The smallest absolute Gasteiger partial charge is 0.249 e. The summed E-state index contributed by atoms with van der Waals surface area (Å²) in [6.45, 7) is 3.67. The topological polar surface area (TPSA) is 86.2 Å². The molecule has 4 N–H and O–H groups in total. The van der Waals surface area contributed by atoms with Gasteiger partial charge in [0, 0.05) is 24.1 Å². The van der Waals surface area contributed by atoms with Crippen LogP contribution in [-0.2, 0) is 6.54 Å². The first-order valence-electron chi connectivity index (χ1n) is 4.87. The lowest BCUT2D eigenvalue weighted by atomic mass is 10.00. The van der Waals surface area contributed by atoms with Crippen molar-refractivity contribution in [2.24, 2.45) is 11.5 Å². The molecule has 0 aliphatic carbocycles. The third-order valence-corrected chi connectivity index (χ3v) is 2.24. The molecule has 1 rings (SSSR count). The monoisotopic (exact) mass is 218 g/mol. The largest absolute Gasteiger partial charge is 0.366 e. The van der Waals surface area contributed by atoms with Crippen LogP contribution in [0, 0.1) is 0 Å². The molecule has 1 aromatic carbocycles. The number of amides is 1. The number of Topliss-reactive ketones (excluding diaryl/α,β-unsaturated/α-hetero) is 1. The fourth-order valence-corrected chi connectivity index (χ4v) is 1.43. The van der Waals surface area contributed by atoms with Crippen molar-refractivity contribution in [3.05, 3.63) is 47.5 Å². The number of primary amides is 1. The second-order valence-corrected chi connectivity index (χ2v) is 3.36. The Bertz CT molecular complexity index is 439. The summed E-state index contributed by atoms with van der Waals surface area (Å²) >= 11 is 0. The van der Waals surface area contributed by atoms with Gasteiger partial charge in [0.2, 0.25) is 5.91 Å². The predicted octanol–water partition coefficient (Wildman–Crippen LogP) is 1.00. The van der Waals surface area contributed by atoms with Gasteiger partial charge < -0.3 is 11.5 Å². The minimum absolute atomic E-state index is 0.0549. The van der Waals surface area contributed by atoms with Crippen LogP contribution in [0.3, 0.4) is 0 Å². The van der Waals surface area contributed by atoms with E-state index in [-0.39, 0.29) is 18.7 Å². The number of carbonyl (C=O) groups excluding carboxylic acids is 2. The molecule has 0 aliphatic heterocycles. The molecule has 0 unspecified atom stereocenters. The van der Waals surface area contributed by atoms with E-state index in [0.29, 0.717) is 16.7 Å². The predicted molar refractivity (Wildman–Crippen MR) is 62.0 cm³/mol. The molecule has 0 atom stereocenters. The van der Waals surface area contributed by atoms with Crippen molar-refractivity contribution in [2.75, 3.05) is 0 Å². The van der Waals surface area contributed by atoms with E-state index in [2.05, 4.69) is 6.58 Å². The maximum Gasteiger partial charge on any atom is 0.249 e. The number of hydrogen-bond acceptors (Lipinski definition) is 3. The lowest BCUT2D eigenvalue weighted by Gasteiger charge is -2.06. The lowest BCUT2D eigenvalue weighted by Crippen LogP contribution is -2.16. The standard InChI is InChI=1S/C12H14N2O2/c1-2-3-11(15)8-4-5-10(12(14)16)9(6-8)7-13/h2,4-6H,1,3,7,13H2,(H2,14,16). The van der Waals surface area contributed by atoms with Gasteiger partial charge in [-0.05, 0) is 17.7 Å². The van der Waals surface area contributed by atoms with Gasteiger partial charge in [-0.15, -0.1) is 6.58 Å². The summed E-state index contributed by atoms with van der Waals surface area (Å²) in [7, 11) is 0. The SMILES string of the molecule is C=CCC(=O)c1ccc(C(N)=O)c(CN)c1. The summed E-state index contributed by atoms with van der Waals surface area (Å²) in [4.78, 5) is 22.6. The molecule has 0 radical (unpaired) electrons. The molecule has 0 aliphatic rings. The zero-order valence-corrected chi connectivity index (χ0v) is 8.90. The van der Waals surface area contributed by atoms with Crippen molar-refractivity contribution in [2.45, 2.75) is 13.0 Å². The first-order chi connectivity index (χ1) is 7.60. The second-order valence-electron chi connectivity index (χ2n) is 3.36. The minimum atomic E-state index is -0.539. The molecule has 16 heavy (non-hydrogen) atoms. The molecule has 0 heterocycles. The van der Waals surface area contributed by atoms with E-state index < -0.39 is 5.91 Å².